The van der Waals surface area contributed by atoms with Gasteiger partial charge in [-0.1, -0.05) is 35.9 Å². The highest BCUT2D eigenvalue weighted by Crippen LogP contribution is 2.22. The Morgan fingerprint density at radius 3 is 2.76 bits per heavy atom. The van der Waals surface area contributed by atoms with Crippen molar-refractivity contribution in [3.8, 4) is 0 Å². The zero-order valence-corrected chi connectivity index (χ0v) is 12.2. The Balaban J connectivity index is 1.95. The van der Waals surface area contributed by atoms with Gasteiger partial charge in [0.1, 0.15) is 0 Å². The number of carbonyl (C=O) groups excluding carboxylic acids is 1. The number of aromatic nitrogens is 1. The Kier molecular flexibility index (Phi) is 3.59. The second-order valence-corrected chi connectivity index (χ2v) is 5.20. The normalized spacial score (nSPS) is 10.6. The molecule has 0 fully saturated rings. The van der Waals surface area contributed by atoms with Crippen LogP contribution in [-0.4, -0.2) is 10.9 Å². The van der Waals surface area contributed by atoms with E-state index in [1.807, 2.05) is 43.3 Å². The van der Waals surface area contributed by atoms with Crippen molar-refractivity contribution in [2.24, 2.45) is 0 Å². The van der Waals surface area contributed by atoms with Crippen LogP contribution in [0.5, 0.6) is 0 Å². The number of para-hydroxylation sites is 1. The van der Waals surface area contributed by atoms with Gasteiger partial charge in [0, 0.05) is 22.3 Å². The number of fused-ring (bicyclic) bond motifs is 1. The van der Waals surface area contributed by atoms with Crippen molar-refractivity contribution in [1.29, 1.82) is 0 Å². The van der Waals surface area contributed by atoms with Crippen molar-refractivity contribution in [3.05, 3.63) is 70.9 Å². The van der Waals surface area contributed by atoms with Gasteiger partial charge in [-0.3, -0.25) is 9.78 Å². The number of hydrogen-bond acceptors (Lipinski definition) is 2. The molecule has 2 aromatic carbocycles. The number of hydrogen-bond donors (Lipinski definition) is 1. The summed E-state index contributed by atoms with van der Waals surface area (Å²) in [5, 5.41) is 4.33. The number of rotatable bonds is 2. The van der Waals surface area contributed by atoms with Crippen molar-refractivity contribution in [3.63, 3.8) is 0 Å². The van der Waals surface area contributed by atoms with Gasteiger partial charge in [0.2, 0.25) is 0 Å². The van der Waals surface area contributed by atoms with Crippen LogP contribution in [0.1, 0.15) is 15.9 Å². The molecule has 0 unspecified atom stereocenters. The molecule has 0 saturated heterocycles. The Morgan fingerprint density at radius 1 is 1.14 bits per heavy atom. The maximum Gasteiger partial charge on any atom is 0.256 e. The van der Waals surface area contributed by atoms with E-state index < -0.39 is 0 Å². The first-order valence-corrected chi connectivity index (χ1v) is 6.94. The standard InChI is InChI=1S/C17H13ClN2O/c1-11-6-7-12(10-15(11)18)20-17(21)14-8-9-19-16-5-3-2-4-13(14)16/h2-10H,1H3,(H,20,21). The highest BCUT2D eigenvalue weighted by molar-refractivity contribution is 6.31. The summed E-state index contributed by atoms with van der Waals surface area (Å²) in [7, 11) is 0. The van der Waals surface area contributed by atoms with E-state index in [9.17, 15) is 4.79 Å². The number of aryl methyl sites for hydroxylation is 1. The number of amides is 1. The maximum absolute atomic E-state index is 12.4. The molecule has 0 aliphatic rings. The number of pyridine rings is 1. The molecule has 0 aliphatic heterocycles. The third-order valence-corrected chi connectivity index (χ3v) is 3.73. The number of halogens is 1. The van der Waals surface area contributed by atoms with Crippen LogP contribution in [0.2, 0.25) is 5.02 Å². The van der Waals surface area contributed by atoms with E-state index >= 15 is 0 Å². The molecule has 3 nitrogen and oxygen atoms in total. The Labute approximate surface area is 127 Å². The summed E-state index contributed by atoms with van der Waals surface area (Å²) in [4.78, 5) is 16.7. The van der Waals surface area contributed by atoms with E-state index in [0.29, 0.717) is 16.3 Å². The topological polar surface area (TPSA) is 42.0 Å². The van der Waals surface area contributed by atoms with Crippen molar-refractivity contribution in [1.82, 2.24) is 4.98 Å². The van der Waals surface area contributed by atoms with Gasteiger partial charge in [0.15, 0.2) is 0 Å². The van der Waals surface area contributed by atoms with Crippen LogP contribution in [-0.2, 0) is 0 Å². The number of nitrogens with one attached hydrogen (secondary N) is 1. The van der Waals surface area contributed by atoms with Crippen LogP contribution in [0.15, 0.2) is 54.7 Å². The fraction of sp³-hybridized carbons (Fsp3) is 0.0588. The van der Waals surface area contributed by atoms with Crippen LogP contribution in [0.3, 0.4) is 0 Å². The van der Waals surface area contributed by atoms with Gasteiger partial charge in [-0.2, -0.15) is 0 Å². The van der Waals surface area contributed by atoms with E-state index in [1.165, 1.54) is 0 Å². The minimum Gasteiger partial charge on any atom is -0.322 e. The molecule has 3 rings (SSSR count). The highest BCUT2D eigenvalue weighted by atomic mass is 35.5. The van der Waals surface area contributed by atoms with Crippen LogP contribution >= 0.6 is 11.6 Å². The summed E-state index contributed by atoms with van der Waals surface area (Å²) < 4.78 is 0. The van der Waals surface area contributed by atoms with Crippen LogP contribution in [0.25, 0.3) is 10.9 Å². The van der Waals surface area contributed by atoms with Gasteiger partial charge in [0.25, 0.3) is 5.91 Å². The molecule has 0 bridgehead atoms. The van der Waals surface area contributed by atoms with Gasteiger partial charge >= 0.3 is 0 Å². The van der Waals surface area contributed by atoms with Crippen LogP contribution in [0.4, 0.5) is 5.69 Å². The summed E-state index contributed by atoms with van der Waals surface area (Å²) in [6.45, 7) is 1.92. The van der Waals surface area contributed by atoms with Gasteiger partial charge in [-0.05, 0) is 36.8 Å². The molecule has 1 heterocycles. The van der Waals surface area contributed by atoms with E-state index in [0.717, 1.165) is 16.5 Å². The fourth-order valence-corrected chi connectivity index (χ4v) is 2.34. The monoisotopic (exact) mass is 296 g/mol. The average molecular weight is 297 g/mol. The minimum atomic E-state index is -0.173. The van der Waals surface area contributed by atoms with Gasteiger partial charge in [0.05, 0.1) is 11.1 Å². The quantitative estimate of drug-likeness (QED) is 0.759. The average Bonchev–Trinajstić information content (AvgIpc) is 2.50. The zero-order chi connectivity index (χ0) is 14.8. The minimum absolute atomic E-state index is 0.173. The van der Waals surface area contributed by atoms with Gasteiger partial charge in [-0.25, -0.2) is 0 Å². The summed E-state index contributed by atoms with van der Waals surface area (Å²) in [5.41, 5.74) is 3.05. The number of nitrogens with zero attached hydrogens (tertiary/aromatic N) is 1. The first-order valence-electron chi connectivity index (χ1n) is 6.56. The molecule has 0 saturated carbocycles. The predicted octanol–water partition coefficient (Wildman–Crippen LogP) is 4.45. The lowest BCUT2D eigenvalue weighted by Crippen LogP contribution is -2.12. The summed E-state index contributed by atoms with van der Waals surface area (Å²) in [5.74, 6) is -0.173. The third-order valence-electron chi connectivity index (χ3n) is 3.32. The molecule has 21 heavy (non-hydrogen) atoms. The Hall–Kier alpha value is -2.39. The summed E-state index contributed by atoms with van der Waals surface area (Å²) in [6, 6.07) is 14.7. The molecule has 1 aromatic heterocycles. The molecule has 0 radical (unpaired) electrons. The highest BCUT2D eigenvalue weighted by Gasteiger charge is 2.11. The van der Waals surface area contributed by atoms with Crippen molar-refractivity contribution >= 4 is 34.1 Å². The lowest BCUT2D eigenvalue weighted by molar-refractivity contribution is 0.102. The smallest absolute Gasteiger partial charge is 0.256 e. The maximum atomic E-state index is 12.4. The number of carbonyl (C=O) groups is 1. The second-order valence-electron chi connectivity index (χ2n) is 4.79. The molecule has 1 N–H and O–H groups in total. The molecule has 3 aromatic rings. The number of benzene rings is 2. The Morgan fingerprint density at radius 2 is 1.95 bits per heavy atom. The van der Waals surface area contributed by atoms with Crippen molar-refractivity contribution in [2.45, 2.75) is 6.92 Å². The van der Waals surface area contributed by atoms with E-state index in [-0.39, 0.29) is 5.91 Å². The largest absolute Gasteiger partial charge is 0.322 e. The van der Waals surface area contributed by atoms with Crippen molar-refractivity contribution in [2.75, 3.05) is 5.32 Å². The van der Waals surface area contributed by atoms with Gasteiger partial charge in [-0.15, -0.1) is 0 Å². The van der Waals surface area contributed by atoms with E-state index in [4.69, 9.17) is 11.6 Å². The zero-order valence-electron chi connectivity index (χ0n) is 11.4. The predicted molar refractivity (Wildman–Crippen MR) is 85.9 cm³/mol. The lowest BCUT2D eigenvalue weighted by atomic mass is 10.1. The SMILES string of the molecule is Cc1ccc(NC(=O)c2ccnc3ccccc23)cc1Cl. The van der Waals surface area contributed by atoms with E-state index in [1.54, 1.807) is 18.3 Å². The van der Waals surface area contributed by atoms with Crippen LogP contribution in [0, 0.1) is 6.92 Å². The fourth-order valence-electron chi connectivity index (χ4n) is 2.16. The molecular formula is C17H13ClN2O. The van der Waals surface area contributed by atoms with Crippen molar-refractivity contribution < 1.29 is 4.79 Å². The molecular weight excluding hydrogens is 284 g/mol. The molecule has 0 spiro atoms. The molecule has 104 valence electrons. The molecule has 0 atom stereocenters. The van der Waals surface area contributed by atoms with Gasteiger partial charge < -0.3 is 5.32 Å². The lowest BCUT2D eigenvalue weighted by Gasteiger charge is -2.08. The van der Waals surface area contributed by atoms with E-state index in [2.05, 4.69) is 10.3 Å². The molecule has 0 aliphatic carbocycles. The molecule has 1 amide bonds. The third kappa shape index (κ3) is 2.73. The second kappa shape index (κ2) is 5.54. The Bertz CT molecular complexity index is 825. The first-order chi connectivity index (χ1) is 10.1. The summed E-state index contributed by atoms with van der Waals surface area (Å²) >= 11 is 6.08. The van der Waals surface area contributed by atoms with Crippen LogP contribution < -0.4 is 5.32 Å². The molecule has 4 heteroatoms. The summed E-state index contributed by atoms with van der Waals surface area (Å²) in [6.07, 6.45) is 1.64. The number of anilines is 1. The first kappa shape index (κ1) is 13.6.